The molecule has 0 saturated carbocycles. The maximum absolute atomic E-state index is 0. The molecule has 0 nitrogen and oxygen atoms in total. The largest absolute Gasteiger partial charge is 0 e. The Morgan fingerprint density at radius 1 is 0.500 bits per heavy atom. The van der Waals surface area contributed by atoms with Crippen LogP contribution in [0, 0.1) is 0 Å². The molecule has 0 aromatic carbocycles. The molecule has 0 aliphatic carbocycles. The van der Waals surface area contributed by atoms with Gasteiger partial charge in [-0.1, -0.05) is 0 Å². The van der Waals surface area contributed by atoms with Crippen LogP contribution < -0.4 is 0 Å². The minimum absolute atomic E-state index is 0. The molecule has 0 rings (SSSR count). The summed E-state index contributed by atoms with van der Waals surface area (Å²) in [5, 5.41) is 0. The summed E-state index contributed by atoms with van der Waals surface area (Å²) in [7, 11) is 0. The maximum atomic E-state index is 0. The Kier molecular flexibility index (Phi) is 89.7. The molecule has 0 aliphatic heterocycles. The molecule has 0 aromatic rings. The zero-order chi connectivity index (χ0) is 0. The van der Waals surface area contributed by atoms with Gasteiger partial charge < -0.3 is 0 Å². The van der Waals surface area contributed by atoms with Gasteiger partial charge in [0.25, 0.3) is 0 Å². The zero-order valence-electron chi connectivity index (χ0n) is 2.62. The van der Waals surface area contributed by atoms with Crippen LogP contribution in [-0.2, 0) is 21.7 Å². The summed E-state index contributed by atoms with van der Waals surface area (Å²) in [6, 6.07) is 0. The van der Waals surface area contributed by atoms with Gasteiger partial charge in [0, 0.05) is 168 Å². The van der Waals surface area contributed by atoms with Crippen molar-refractivity contribution >= 4 is 147 Å². The molecule has 4 heavy (non-hydrogen) atoms. The van der Waals surface area contributed by atoms with Crippen molar-refractivity contribution in [1.82, 2.24) is 0 Å². The van der Waals surface area contributed by atoms with Crippen LogP contribution in [0.5, 0.6) is 0 Å². The van der Waals surface area contributed by atoms with Crippen molar-refractivity contribution in [2.75, 3.05) is 0 Å². The SMILES string of the molecule is [Ba].[Ba].[Ba].[Ti]. The maximum Gasteiger partial charge on any atom is 0 e. The molecule has 0 heterocycles. The molecule has 4 heteroatoms. The summed E-state index contributed by atoms with van der Waals surface area (Å²) < 4.78 is 0. The molecule has 0 aliphatic rings. The van der Waals surface area contributed by atoms with E-state index in [1.165, 1.54) is 0 Å². The number of rotatable bonds is 0. The van der Waals surface area contributed by atoms with Crippen LogP contribution in [-0.4, -0.2) is 147 Å². The first-order chi connectivity index (χ1) is 0. The van der Waals surface area contributed by atoms with Gasteiger partial charge in [-0.3, -0.25) is 0 Å². The van der Waals surface area contributed by atoms with Crippen LogP contribution >= 0.6 is 0 Å². The number of hydrogen-bond acceptors (Lipinski definition) is 0. The molecular weight excluding hydrogens is 460 g/mol. The van der Waals surface area contributed by atoms with Gasteiger partial charge in [-0.2, -0.15) is 0 Å². The summed E-state index contributed by atoms with van der Waals surface area (Å²) in [4.78, 5) is 0. The third-order valence-corrected chi connectivity index (χ3v) is 0. The van der Waals surface area contributed by atoms with Crippen molar-refractivity contribution < 1.29 is 21.7 Å². The van der Waals surface area contributed by atoms with E-state index in [0.29, 0.717) is 0 Å². The van der Waals surface area contributed by atoms with E-state index >= 15 is 0 Å². The van der Waals surface area contributed by atoms with Gasteiger partial charge in [-0.25, -0.2) is 0 Å². The molecule has 0 bridgehead atoms. The van der Waals surface area contributed by atoms with Gasteiger partial charge in [-0.15, -0.1) is 0 Å². The van der Waals surface area contributed by atoms with Crippen LogP contribution in [0.2, 0.25) is 0 Å². The van der Waals surface area contributed by atoms with E-state index < -0.39 is 0 Å². The topological polar surface area (TPSA) is 0 Å². The first-order valence-corrected chi connectivity index (χ1v) is 0. The molecule has 0 aromatic heterocycles. The van der Waals surface area contributed by atoms with E-state index in [0.717, 1.165) is 0 Å². The average Bonchev–Trinajstić information content (AvgIpc) is 0. The Balaban J connectivity index is 0. The van der Waals surface area contributed by atoms with Crippen LogP contribution in [0.15, 0.2) is 0 Å². The van der Waals surface area contributed by atoms with Crippen molar-refractivity contribution in [3.05, 3.63) is 0 Å². The summed E-state index contributed by atoms with van der Waals surface area (Å²) in [6.07, 6.45) is 0. The quantitative estimate of drug-likeness (QED) is 0.402. The summed E-state index contributed by atoms with van der Waals surface area (Å²) in [6.45, 7) is 0. The summed E-state index contributed by atoms with van der Waals surface area (Å²) >= 11 is 0. The third-order valence-electron chi connectivity index (χ3n) is 0. The monoisotopic (exact) mass is 462 g/mol. The molecule has 0 fully saturated rings. The van der Waals surface area contributed by atoms with Crippen LogP contribution in [0.25, 0.3) is 0 Å². The van der Waals surface area contributed by atoms with Crippen molar-refractivity contribution in [3.8, 4) is 0 Å². The fraction of sp³-hybridized carbons (Fsp3) is 0. The van der Waals surface area contributed by atoms with Gasteiger partial charge in [0.05, 0.1) is 0 Å². The molecule has 0 spiro atoms. The molecule has 0 saturated heterocycles. The Bertz CT molecular complexity index is 3.25. The Hall–Kier alpha value is 5.43. The first kappa shape index (κ1) is 22.7. The van der Waals surface area contributed by atoms with Crippen LogP contribution in [0.1, 0.15) is 0 Å². The van der Waals surface area contributed by atoms with Gasteiger partial charge in [0.1, 0.15) is 0 Å². The minimum atomic E-state index is 0. The van der Waals surface area contributed by atoms with Gasteiger partial charge >= 0.3 is 0 Å². The second-order valence-corrected chi connectivity index (χ2v) is 0. The first-order valence-electron chi connectivity index (χ1n) is 0. The summed E-state index contributed by atoms with van der Waals surface area (Å²) in [5.74, 6) is 0. The molecule has 0 N–H and O–H groups in total. The van der Waals surface area contributed by atoms with E-state index in [1.54, 1.807) is 0 Å². The van der Waals surface area contributed by atoms with Crippen molar-refractivity contribution in [3.63, 3.8) is 0 Å². The predicted octanol–water partition coefficient (Wildman–Crippen LogP) is -1.14. The third kappa shape index (κ3) is 10.4. The van der Waals surface area contributed by atoms with Crippen LogP contribution in [0.4, 0.5) is 0 Å². The van der Waals surface area contributed by atoms with E-state index in [2.05, 4.69) is 0 Å². The number of hydrogen-bond donors (Lipinski definition) is 0. The second kappa shape index (κ2) is 15.8. The second-order valence-electron chi connectivity index (χ2n) is 0. The zero-order valence-corrected chi connectivity index (χ0v) is 17.5. The fourth-order valence-corrected chi connectivity index (χ4v) is 0. The van der Waals surface area contributed by atoms with Crippen molar-refractivity contribution in [2.45, 2.75) is 0 Å². The van der Waals surface area contributed by atoms with E-state index in [-0.39, 0.29) is 168 Å². The Labute approximate surface area is 162 Å². The predicted molar refractivity (Wildman–Crippen MR) is 17.3 cm³/mol. The molecule has 6 radical (unpaired) electrons. The Morgan fingerprint density at radius 3 is 0.500 bits per heavy atom. The van der Waals surface area contributed by atoms with E-state index in [4.69, 9.17) is 0 Å². The molecule has 0 unspecified atom stereocenters. The van der Waals surface area contributed by atoms with Gasteiger partial charge in [0.15, 0.2) is 0 Å². The van der Waals surface area contributed by atoms with Crippen molar-refractivity contribution in [2.24, 2.45) is 0 Å². The Morgan fingerprint density at radius 2 is 0.500 bits per heavy atom. The average molecular weight is 460 g/mol. The molecule has 0 atom stereocenters. The van der Waals surface area contributed by atoms with E-state index in [1.807, 2.05) is 0 Å². The van der Waals surface area contributed by atoms with Gasteiger partial charge in [-0.05, 0) is 0 Å². The molecular formula is Ba3Ti. The van der Waals surface area contributed by atoms with Crippen LogP contribution in [0.3, 0.4) is 0 Å². The van der Waals surface area contributed by atoms with Gasteiger partial charge in [0.2, 0.25) is 0 Å². The smallest absolute Gasteiger partial charge is 0 e. The summed E-state index contributed by atoms with van der Waals surface area (Å²) in [5.41, 5.74) is 0. The normalized spacial score (nSPS) is 0. The van der Waals surface area contributed by atoms with Crippen molar-refractivity contribution in [1.29, 1.82) is 0 Å². The van der Waals surface area contributed by atoms with E-state index in [9.17, 15) is 0 Å². The standard InChI is InChI=1S/3Ba.Ti. The minimum Gasteiger partial charge on any atom is 0 e. The molecule has 0 amide bonds. The molecule has 10 valence electrons. The fourth-order valence-electron chi connectivity index (χ4n) is 0.